The lowest BCUT2D eigenvalue weighted by atomic mass is 9.79. The number of para-hydroxylation sites is 2. The predicted molar refractivity (Wildman–Crippen MR) is 95.3 cm³/mol. The van der Waals surface area contributed by atoms with Crippen molar-refractivity contribution in [1.82, 2.24) is 0 Å². The van der Waals surface area contributed by atoms with Crippen LogP contribution in [0, 0.1) is 5.92 Å². The van der Waals surface area contributed by atoms with Gasteiger partial charge in [-0.25, -0.2) is 0 Å². The number of hydrogen-bond donors (Lipinski definition) is 2. The fraction of sp³-hybridized carbons (Fsp3) is 0.400. The van der Waals surface area contributed by atoms with E-state index in [2.05, 4.69) is 79.1 Å². The summed E-state index contributed by atoms with van der Waals surface area (Å²) in [5, 5.41) is 7.56. The van der Waals surface area contributed by atoms with Gasteiger partial charge in [-0.1, -0.05) is 56.7 Å². The number of benzene rings is 2. The lowest BCUT2D eigenvalue weighted by Crippen LogP contribution is -2.40. The summed E-state index contributed by atoms with van der Waals surface area (Å²) >= 11 is 0. The summed E-state index contributed by atoms with van der Waals surface area (Å²) in [5.74, 6) is 0.607. The number of nitrogens with one attached hydrogen (secondary N) is 2. The molecule has 0 aliphatic carbocycles. The van der Waals surface area contributed by atoms with Crippen LogP contribution in [0.15, 0.2) is 54.6 Å². The van der Waals surface area contributed by atoms with E-state index in [9.17, 15) is 0 Å². The monoisotopic (exact) mass is 294 g/mol. The van der Waals surface area contributed by atoms with Crippen LogP contribution in [-0.4, -0.2) is 6.04 Å². The van der Waals surface area contributed by atoms with Crippen LogP contribution in [0.3, 0.4) is 0 Å². The highest BCUT2D eigenvalue weighted by atomic mass is 15.0. The molecule has 3 rings (SSSR count). The second-order valence-electron chi connectivity index (χ2n) is 6.19. The van der Waals surface area contributed by atoms with E-state index in [1.54, 1.807) is 0 Å². The molecule has 2 N–H and O–H groups in total. The molecule has 0 saturated carbocycles. The topological polar surface area (TPSA) is 24.1 Å². The van der Waals surface area contributed by atoms with Crippen molar-refractivity contribution in [3.8, 4) is 0 Å². The Morgan fingerprint density at radius 2 is 1.68 bits per heavy atom. The van der Waals surface area contributed by atoms with Gasteiger partial charge in [0.25, 0.3) is 0 Å². The average molecular weight is 294 g/mol. The molecule has 0 aromatic heterocycles. The second-order valence-corrected chi connectivity index (χ2v) is 6.19. The molecule has 116 valence electrons. The first-order chi connectivity index (χ1) is 10.8. The third kappa shape index (κ3) is 2.96. The predicted octanol–water partition coefficient (Wildman–Crippen LogP) is 5.46. The van der Waals surface area contributed by atoms with E-state index < -0.39 is 0 Å². The first-order valence-corrected chi connectivity index (χ1v) is 8.50. The largest absolute Gasteiger partial charge is 0.382 e. The van der Waals surface area contributed by atoms with Crippen molar-refractivity contribution in [2.45, 2.75) is 45.2 Å². The van der Waals surface area contributed by atoms with Gasteiger partial charge in [0, 0.05) is 23.3 Å². The van der Waals surface area contributed by atoms with Crippen LogP contribution in [0.25, 0.3) is 0 Å². The Morgan fingerprint density at radius 3 is 2.41 bits per heavy atom. The van der Waals surface area contributed by atoms with Gasteiger partial charge >= 0.3 is 0 Å². The zero-order valence-corrected chi connectivity index (χ0v) is 13.5. The molecule has 0 amide bonds. The van der Waals surface area contributed by atoms with Gasteiger partial charge in [-0.2, -0.15) is 0 Å². The Labute approximate surface area is 134 Å². The van der Waals surface area contributed by atoms with Crippen molar-refractivity contribution in [3.05, 3.63) is 60.2 Å². The van der Waals surface area contributed by atoms with E-state index in [1.807, 2.05) is 0 Å². The Hall–Kier alpha value is -1.96. The molecule has 0 spiro atoms. The summed E-state index contributed by atoms with van der Waals surface area (Å²) in [6.07, 6.45) is 3.62. The van der Waals surface area contributed by atoms with E-state index >= 15 is 0 Å². The molecule has 2 aromatic carbocycles. The molecule has 0 radical (unpaired) electrons. The van der Waals surface area contributed by atoms with Crippen LogP contribution in [-0.2, 0) is 0 Å². The van der Waals surface area contributed by atoms with Crippen molar-refractivity contribution >= 4 is 11.4 Å². The van der Waals surface area contributed by atoms with E-state index in [4.69, 9.17) is 0 Å². The molecule has 1 heterocycles. The fourth-order valence-electron chi connectivity index (χ4n) is 3.69. The Bertz CT molecular complexity index is 594. The van der Waals surface area contributed by atoms with Crippen LogP contribution in [0.4, 0.5) is 11.4 Å². The van der Waals surface area contributed by atoms with Gasteiger partial charge < -0.3 is 10.6 Å². The Morgan fingerprint density at radius 1 is 0.955 bits per heavy atom. The zero-order valence-electron chi connectivity index (χ0n) is 13.5. The maximum absolute atomic E-state index is 3.79. The Balaban J connectivity index is 1.95. The van der Waals surface area contributed by atoms with E-state index in [0.29, 0.717) is 18.0 Å². The van der Waals surface area contributed by atoms with Crippen LogP contribution >= 0.6 is 0 Å². The second kappa shape index (κ2) is 6.87. The molecule has 0 saturated heterocycles. The van der Waals surface area contributed by atoms with E-state index in [0.717, 1.165) is 0 Å². The fourth-order valence-corrected chi connectivity index (χ4v) is 3.69. The smallest absolute Gasteiger partial charge is 0.0581 e. The summed E-state index contributed by atoms with van der Waals surface area (Å²) in [4.78, 5) is 0. The zero-order chi connectivity index (χ0) is 15.4. The van der Waals surface area contributed by atoms with Crippen molar-refractivity contribution in [3.63, 3.8) is 0 Å². The van der Waals surface area contributed by atoms with E-state index in [1.165, 1.54) is 36.2 Å². The summed E-state index contributed by atoms with van der Waals surface area (Å²) in [5.41, 5.74) is 3.89. The molecular weight excluding hydrogens is 268 g/mol. The molecule has 2 heteroatoms. The maximum Gasteiger partial charge on any atom is 0.0581 e. The third-order valence-corrected chi connectivity index (χ3v) is 4.75. The lowest BCUT2D eigenvalue weighted by Gasteiger charge is -2.41. The normalized spacial score (nSPS) is 23.5. The molecule has 1 aliphatic heterocycles. The lowest BCUT2D eigenvalue weighted by molar-refractivity contribution is 0.349. The molecule has 22 heavy (non-hydrogen) atoms. The quantitative estimate of drug-likeness (QED) is 0.765. The van der Waals surface area contributed by atoms with Crippen LogP contribution in [0.1, 0.15) is 44.7 Å². The highest BCUT2D eigenvalue weighted by molar-refractivity contribution is 5.59. The first kappa shape index (κ1) is 15.0. The number of rotatable bonds is 5. The van der Waals surface area contributed by atoms with Crippen molar-refractivity contribution < 1.29 is 0 Å². The highest BCUT2D eigenvalue weighted by Gasteiger charge is 2.34. The molecule has 0 bridgehead atoms. The minimum atomic E-state index is 0.376. The van der Waals surface area contributed by atoms with Gasteiger partial charge in [-0.3, -0.25) is 0 Å². The van der Waals surface area contributed by atoms with E-state index in [-0.39, 0.29) is 0 Å². The SMILES string of the molecule is CCCC1Nc2ccccc2C(Nc2ccccc2)C1CC. The summed E-state index contributed by atoms with van der Waals surface area (Å²) in [7, 11) is 0. The average Bonchev–Trinajstić information content (AvgIpc) is 2.56. The molecule has 3 unspecified atom stereocenters. The third-order valence-electron chi connectivity index (χ3n) is 4.75. The standard InChI is InChI=1S/C20H26N2/c1-3-10-18-16(4-2)20(21-15-11-6-5-7-12-15)17-13-8-9-14-19(17)22-18/h5-9,11-14,16,18,20-22H,3-4,10H2,1-2H3. The molecule has 2 aromatic rings. The minimum Gasteiger partial charge on any atom is -0.382 e. The first-order valence-electron chi connectivity index (χ1n) is 8.50. The summed E-state index contributed by atoms with van der Waals surface area (Å²) in [6, 6.07) is 20.2. The molecule has 0 fully saturated rings. The van der Waals surface area contributed by atoms with Crippen LogP contribution < -0.4 is 10.6 Å². The van der Waals surface area contributed by atoms with Gasteiger partial charge in [0.15, 0.2) is 0 Å². The van der Waals surface area contributed by atoms with Crippen LogP contribution in [0.5, 0.6) is 0 Å². The highest BCUT2D eigenvalue weighted by Crippen LogP contribution is 2.41. The van der Waals surface area contributed by atoms with Gasteiger partial charge in [0.2, 0.25) is 0 Å². The number of fused-ring (bicyclic) bond motifs is 1. The number of anilines is 2. The molecule has 1 aliphatic rings. The minimum absolute atomic E-state index is 0.376. The molecule has 2 nitrogen and oxygen atoms in total. The Kier molecular flexibility index (Phi) is 4.67. The van der Waals surface area contributed by atoms with Gasteiger partial charge in [0.05, 0.1) is 6.04 Å². The van der Waals surface area contributed by atoms with Gasteiger partial charge in [0.1, 0.15) is 0 Å². The van der Waals surface area contributed by atoms with Crippen molar-refractivity contribution in [1.29, 1.82) is 0 Å². The van der Waals surface area contributed by atoms with Crippen molar-refractivity contribution in [2.75, 3.05) is 10.6 Å². The van der Waals surface area contributed by atoms with Gasteiger partial charge in [-0.05, 0) is 36.6 Å². The maximum atomic E-state index is 3.79. The molecular formula is C20H26N2. The summed E-state index contributed by atoms with van der Waals surface area (Å²) in [6.45, 7) is 4.58. The van der Waals surface area contributed by atoms with Crippen molar-refractivity contribution in [2.24, 2.45) is 5.92 Å². The van der Waals surface area contributed by atoms with Gasteiger partial charge in [-0.15, -0.1) is 0 Å². The van der Waals surface area contributed by atoms with Crippen LogP contribution in [0.2, 0.25) is 0 Å². The summed E-state index contributed by atoms with van der Waals surface area (Å²) < 4.78 is 0. The molecule has 3 atom stereocenters. The number of hydrogen-bond acceptors (Lipinski definition) is 2.